The molecule has 4 aliphatic carbocycles. The Hall–Kier alpha value is -1.25. The van der Waals surface area contributed by atoms with E-state index >= 15 is 0 Å². The minimum Gasteiger partial charge on any atom is -0.396 e. The van der Waals surface area contributed by atoms with E-state index in [2.05, 4.69) is 10.3 Å². The van der Waals surface area contributed by atoms with Crippen LogP contribution in [0.5, 0.6) is 0 Å². The monoisotopic (exact) mass is 271 g/mol. The number of pyridine rings is 1. The van der Waals surface area contributed by atoms with Crippen LogP contribution in [-0.2, 0) is 0 Å². The summed E-state index contributed by atoms with van der Waals surface area (Å²) < 4.78 is 0. The number of aryl methyl sites for hydroxylation is 1. The van der Waals surface area contributed by atoms with Gasteiger partial charge in [0.05, 0.1) is 5.69 Å². The number of nitrogens with zero attached hydrogens (tertiary/aromatic N) is 1. The minimum atomic E-state index is 0.816. The van der Waals surface area contributed by atoms with E-state index in [4.69, 9.17) is 5.73 Å². The first-order valence-corrected chi connectivity index (χ1v) is 8.15. The van der Waals surface area contributed by atoms with Crippen molar-refractivity contribution in [1.82, 2.24) is 4.98 Å². The van der Waals surface area contributed by atoms with Crippen LogP contribution < -0.4 is 11.1 Å². The summed E-state index contributed by atoms with van der Waals surface area (Å²) in [6.45, 7) is 3.11. The van der Waals surface area contributed by atoms with E-state index in [1.807, 2.05) is 19.2 Å². The molecule has 20 heavy (non-hydrogen) atoms. The number of anilines is 2. The van der Waals surface area contributed by atoms with Crippen LogP contribution in [0, 0.1) is 36.5 Å². The maximum atomic E-state index is 6.12. The van der Waals surface area contributed by atoms with Gasteiger partial charge in [-0.15, -0.1) is 0 Å². The number of hydrogen-bond acceptors (Lipinski definition) is 3. The van der Waals surface area contributed by atoms with Crippen molar-refractivity contribution in [3.63, 3.8) is 0 Å². The molecule has 0 aromatic carbocycles. The summed E-state index contributed by atoms with van der Waals surface area (Å²) in [5.41, 5.74) is 8.05. The van der Waals surface area contributed by atoms with E-state index in [-0.39, 0.29) is 0 Å². The van der Waals surface area contributed by atoms with Crippen molar-refractivity contribution in [2.75, 3.05) is 17.6 Å². The number of nitrogen functional groups attached to an aromatic ring is 1. The van der Waals surface area contributed by atoms with Gasteiger partial charge >= 0.3 is 0 Å². The summed E-state index contributed by atoms with van der Waals surface area (Å²) in [5, 5.41) is 3.55. The molecular weight excluding hydrogens is 246 g/mol. The van der Waals surface area contributed by atoms with Crippen molar-refractivity contribution in [2.24, 2.45) is 29.6 Å². The molecule has 3 N–H and O–H groups in total. The molecule has 0 saturated heterocycles. The lowest BCUT2D eigenvalue weighted by molar-refractivity contribution is -0.0305. The molecule has 0 atom stereocenters. The zero-order chi connectivity index (χ0) is 13.7. The lowest BCUT2D eigenvalue weighted by Crippen LogP contribution is -2.47. The number of nitrogens with two attached hydrogens (primary N) is 1. The maximum absolute atomic E-state index is 6.12. The molecule has 5 rings (SSSR count). The van der Waals surface area contributed by atoms with Crippen LogP contribution in [0.1, 0.15) is 37.7 Å². The number of rotatable bonds is 3. The molecule has 108 valence electrons. The van der Waals surface area contributed by atoms with E-state index in [1.165, 1.54) is 32.1 Å². The van der Waals surface area contributed by atoms with Crippen molar-refractivity contribution >= 4 is 11.5 Å². The molecule has 1 aromatic heterocycles. The SMILES string of the molecule is Cc1ccnc(NCC2C3CC4CC(C3)CC2C4)c1N. The predicted octanol–water partition coefficient (Wildman–Crippen LogP) is 3.46. The van der Waals surface area contributed by atoms with Gasteiger partial charge in [0.25, 0.3) is 0 Å². The van der Waals surface area contributed by atoms with Crippen LogP contribution in [-0.4, -0.2) is 11.5 Å². The van der Waals surface area contributed by atoms with Gasteiger partial charge in [0.15, 0.2) is 0 Å². The van der Waals surface area contributed by atoms with Crippen LogP contribution in [0.15, 0.2) is 12.3 Å². The van der Waals surface area contributed by atoms with Gasteiger partial charge < -0.3 is 11.1 Å². The number of aromatic nitrogens is 1. The van der Waals surface area contributed by atoms with Crippen molar-refractivity contribution in [3.05, 3.63) is 17.8 Å². The molecule has 0 aliphatic heterocycles. The van der Waals surface area contributed by atoms with Crippen molar-refractivity contribution in [2.45, 2.75) is 39.0 Å². The molecule has 1 aromatic rings. The summed E-state index contributed by atoms with van der Waals surface area (Å²) in [5.74, 6) is 5.77. The zero-order valence-electron chi connectivity index (χ0n) is 12.3. The zero-order valence-corrected chi connectivity index (χ0v) is 12.3. The quantitative estimate of drug-likeness (QED) is 0.885. The van der Waals surface area contributed by atoms with Gasteiger partial charge in [0.1, 0.15) is 5.82 Å². The Morgan fingerprint density at radius 2 is 1.80 bits per heavy atom. The predicted molar refractivity (Wildman–Crippen MR) is 82.4 cm³/mol. The largest absolute Gasteiger partial charge is 0.396 e. The number of hydrogen-bond donors (Lipinski definition) is 2. The third-order valence-electron chi connectivity index (χ3n) is 6.14. The fourth-order valence-electron chi connectivity index (χ4n) is 5.30. The first-order chi connectivity index (χ1) is 9.70. The van der Waals surface area contributed by atoms with Gasteiger partial charge in [-0.3, -0.25) is 0 Å². The van der Waals surface area contributed by atoms with Crippen LogP contribution in [0.3, 0.4) is 0 Å². The van der Waals surface area contributed by atoms with Gasteiger partial charge in [0, 0.05) is 12.7 Å². The molecular formula is C17H25N3. The molecule has 4 fully saturated rings. The molecule has 3 heteroatoms. The molecule has 4 aliphatic rings. The first kappa shape index (κ1) is 12.5. The number of nitrogens with one attached hydrogen (secondary N) is 1. The summed E-state index contributed by atoms with van der Waals surface area (Å²) in [7, 11) is 0. The normalized spacial score (nSPS) is 38.1. The van der Waals surface area contributed by atoms with E-state index in [9.17, 15) is 0 Å². The third-order valence-corrected chi connectivity index (χ3v) is 6.14. The Morgan fingerprint density at radius 3 is 2.45 bits per heavy atom. The Kier molecular flexibility index (Phi) is 2.90. The van der Waals surface area contributed by atoms with Crippen LogP contribution >= 0.6 is 0 Å². The fourth-order valence-corrected chi connectivity index (χ4v) is 5.30. The molecule has 0 radical (unpaired) electrons. The summed E-state index contributed by atoms with van der Waals surface area (Å²) in [4.78, 5) is 4.41. The Balaban J connectivity index is 1.46. The summed E-state index contributed by atoms with van der Waals surface area (Å²) in [6.07, 6.45) is 9.31. The van der Waals surface area contributed by atoms with Gasteiger partial charge in [0.2, 0.25) is 0 Å². The van der Waals surface area contributed by atoms with Crippen molar-refractivity contribution < 1.29 is 0 Å². The van der Waals surface area contributed by atoms with Gasteiger partial charge in [-0.2, -0.15) is 0 Å². The van der Waals surface area contributed by atoms with E-state index in [1.54, 1.807) is 0 Å². The molecule has 4 bridgehead atoms. The average molecular weight is 271 g/mol. The highest BCUT2D eigenvalue weighted by molar-refractivity contribution is 5.64. The lowest BCUT2D eigenvalue weighted by Gasteiger charge is -2.54. The highest BCUT2D eigenvalue weighted by Crippen LogP contribution is 2.56. The Labute approximate surface area is 121 Å². The fraction of sp³-hybridized carbons (Fsp3) is 0.706. The topological polar surface area (TPSA) is 50.9 Å². The van der Waals surface area contributed by atoms with Crippen molar-refractivity contribution in [3.8, 4) is 0 Å². The molecule has 0 unspecified atom stereocenters. The van der Waals surface area contributed by atoms with E-state index in [0.29, 0.717) is 0 Å². The molecule has 1 heterocycles. The lowest BCUT2D eigenvalue weighted by atomic mass is 9.52. The van der Waals surface area contributed by atoms with E-state index in [0.717, 1.165) is 53.2 Å². The van der Waals surface area contributed by atoms with Gasteiger partial charge in [-0.1, -0.05) is 0 Å². The van der Waals surface area contributed by atoms with Crippen LogP contribution in [0.2, 0.25) is 0 Å². The highest BCUT2D eigenvalue weighted by atomic mass is 15.0. The summed E-state index contributed by atoms with van der Waals surface area (Å²) >= 11 is 0. The second kappa shape index (κ2) is 4.64. The smallest absolute Gasteiger partial charge is 0.149 e. The second-order valence-electron chi connectivity index (χ2n) is 7.37. The maximum Gasteiger partial charge on any atom is 0.149 e. The molecule has 0 amide bonds. The average Bonchev–Trinajstić information content (AvgIpc) is 2.41. The molecule has 3 nitrogen and oxygen atoms in total. The Bertz CT molecular complexity index is 483. The van der Waals surface area contributed by atoms with Gasteiger partial charge in [-0.25, -0.2) is 4.98 Å². The summed E-state index contributed by atoms with van der Waals surface area (Å²) in [6, 6.07) is 1.98. The standard InChI is InChI=1S/C17H25N3/c1-10-2-3-19-17(16(10)18)20-9-15-13-5-11-4-12(7-13)8-14(15)6-11/h2-3,11-15H,4-9,18H2,1H3,(H,19,20). The molecule has 4 saturated carbocycles. The van der Waals surface area contributed by atoms with E-state index < -0.39 is 0 Å². The van der Waals surface area contributed by atoms with Crippen LogP contribution in [0.25, 0.3) is 0 Å². The first-order valence-electron chi connectivity index (χ1n) is 8.15. The third kappa shape index (κ3) is 1.99. The van der Waals surface area contributed by atoms with Gasteiger partial charge in [-0.05, 0) is 80.2 Å². The second-order valence-corrected chi connectivity index (χ2v) is 7.37. The molecule has 0 spiro atoms. The highest BCUT2D eigenvalue weighted by Gasteiger charge is 2.47. The van der Waals surface area contributed by atoms with Crippen molar-refractivity contribution in [1.29, 1.82) is 0 Å². The van der Waals surface area contributed by atoms with Crippen LogP contribution in [0.4, 0.5) is 11.5 Å². The Morgan fingerprint density at radius 1 is 1.15 bits per heavy atom. The minimum absolute atomic E-state index is 0.816.